The molecule has 0 aliphatic heterocycles. The highest BCUT2D eigenvalue weighted by Crippen LogP contribution is 2.40. The lowest BCUT2D eigenvalue weighted by Gasteiger charge is -2.07. The summed E-state index contributed by atoms with van der Waals surface area (Å²) in [5, 5.41) is 5.87. The van der Waals surface area contributed by atoms with Gasteiger partial charge in [0.1, 0.15) is 5.69 Å². The number of benzene rings is 1. The fraction of sp³-hybridized carbons (Fsp3) is 0.286. The van der Waals surface area contributed by atoms with Gasteiger partial charge in [0.05, 0.1) is 0 Å². The van der Waals surface area contributed by atoms with E-state index in [-0.39, 0.29) is 18.7 Å². The summed E-state index contributed by atoms with van der Waals surface area (Å²) < 4.78 is 13.6. The summed E-state index contributed by atoms with van der Waals surface area (Å²) >= 11 is 0. The lowest BCUT2D eigenvalue weighted by molar-refractivity contribution is -0.122. The Bertz CT molecular complexity index is 704. The molecule has 0 atom stereocenters. The Morgan fingerprint density at radius 3 is 2.70 bits per heavy atom. The monoisotopic (exact) mass is 275 g/mol. The van der Waals surface area contributed by atoms with Crippen LogP contribution in [-0.4, -0.2) is 29.5 Å². The number of rotatable bonds is 3. The predicted octanol–water partition coefficient (Wildman–Crippen LogP) is 1.97. The first-order valence-corrected chi connectivity index (χ1v) is 6.37. The summed E-state index contributed by atoms with van der Waals surface area (Å²) in [7, 11) is 1.55. The fourth-order valence-electron chi connectivity index (χ4n) is 2.05. The van der Waals surface area contributed by atoms with Crippen molar-refractivity contribution in [2.45, 2.75) is 18.5 Å². The van der Waals surface area contributed by atoms with Crippen molar-refractivity contribution in [3.05, 3.63) is 30.0 Å². The Hall–Kier alpha value is -2.37. The SMILES string of the molecule is CNC(=O)c1cc2cc(NC(=O)C3(F)CC3)ccc2[nH]1. The van der Waals surface area contributed by atoms with Crippen LogP contribution in [0.25, 0.3) is 10.9 Å². The van der Waals surface area contributed by atoms with Gasteiger partial charge in [-0.3, -0.25) is 9.59 Å². The summed E-state index contributed by atoms with van der Waals surface area (Å²) in [4.78, 5) is 26.1. The lowest BCUT2D eigenvalue weighted by atomic mass is 10.2. The van der Waals surface area contributed by atoms with Crippen molar-refractivity contribution >= 4 is 28.4 Å². The van der Waals surface area contributed by atoms with Crippen molar-refractivity contribution in [3.63, 3.8) is 0 Å². The topological polar surface area (TPSA) is 74.0 Å². The number of nitrogens with one attached hydrogen (secondary N) is 3. The Morgan fingerprint density at radius 1 is 1.30 bits per heavy atom. The molecule has 0 radical (unpaired) electrons. The Kier molecular flexibility index (Phi) is 2.74. The van der Waals surface area contributed by atoms with Gasteiger partial charge in [0.25, 0.3) is 11.8 Å². The lowest BCUT2D eigenvalue weighted by Crippen LogP contribution is -2.25. The molecular formula is C14H14FN3O2. The normalized spacial score (nSPS) is 15.9. The molecule has 104 valence electrons. The molecule has 0 bridgehead atoms. The summed E-state index contributed by atoms with van der Waals surface area (Å²) in [6.07, 6.45) is 0.568. The van der Waals surface area contributed by atoms with Crippen LogP contribution in [0.2, 0.25) is 0 Å². The van der Waals surface area contributed by atoms with Crippen molar-refractivity contribution in [2.75, 3.05) is 12.4 Å². The van der Waals surface area contributed by atoms with Gasteiger partial charge in [-0.15, -0.1) is 0 Å². The molecule has 1 saturated carbocycles. The summed E-state index contributed by atoms with van der Waals surface area (Å²) in [6, 6.07) is 6.82. The first kappa shape index (κ1) is 12.7. The Labute approximate surface area is 114 Å². The van der Waals surface area contributed by atoms with Gasteiger partial charge in [0.15, 0.2) is 5.67 Å². The number of amides is 2. The molecule has 2 amide bonds. The van der Waals surface area contributed by atoms with Crippen LogP contribution in [0.4, 0.5) is 10.1 Å². The van der Waals surface area contributed by atoms with E-state index >= 15 is 0 Å². The molecule has 1 aliphatic carbocycles. The van der Waals surface area contributed by atoms with Crippen LogP contribution < -0.4 is 10.6 Å². The van der Waals surface area contributed by atoms with Gasteiger partial charge in [-0.25, -0.2) is 4.39 Å². The Morgan fingerprint density at radius 2 is 2.05 bits per heavy atom. The number of carbonyl (C=O) groups is 2. The number of fused-ring (bicyclic) bond motifs is 1. The smallest absolute Gasteiger partial charge is 0.267 e. The minimum absolute atomic E-state index is 0.215. The number of hydrogen-bond acceptors (Lipinski definition) is 2. The minimum atomic E-state index is -1.69. The van der Waals surface area contributed by atoms with Crippen molar-refractivity contribution in [1.82, 2.24) is 10.3 Å². The molecule has 0 saturated heterocycles. The van der Waals surface area contributed by atoms with Crippen molar-refractivity contribution in [2.24, 2.45) is 0 Å². The molecule has 20 heavy (non-hydrogen) atoms. The van der Waals surface area contributed by atoms with Crippen LogP contribution in [0.3, 0.4) is 0 Å². The van der Waals surface area contributed by atoms with Crippen LogP contribution in [0.5, 0.6) is 0 Å². The highest BCUT2D eigenvalue weighted by molar-refractivity contribution is 6.02. The average Bonchev–Trinajstić information content (AvgIpc) is 3.05. The number of halogens is 1. The van der Waals surface area contributed by atoms with E-state index in [0.29, 0.717) is 11.4 Å². The van der Waals surface area contributed by atoms with Gasteiger partial charge in [-0.2, -0.15) is 0 Å². The second-order valence-electron chi connectivity index (χ2n) is 4.98. The molecule has 6 heteroatoms. The van der Waals surface area contributed by atoms with Crippen LogP contribution in [0.15, 0.2) is 24.3 Å². The molecule has 1 aromatic carbocycles. The molecule has 2 aromatic rings. The highest BCUT2D eigenvalue weighted by atomic mass is 19.1. The van der Waals surface area contributed by atoms with Crippen molar-refractivity contribution in [3.8, 4) is 0 Å². The number of alkyl halides is 1. The molecule has 1 fully saturated rings. The van der Waals surface area contributed by atoms with Gasteiger partial charge in [0, 0.05) is 23.6 Å². The maximum Gasteiger partial charge on any atom is 0.267 e. The van der Waals surface area contributed by atoms with Crippen LogP contribution >= 0.6 is 0 Å². The number of aromatic amines is 1. The summed E-state index contributed by atoms with van der Waals surface area (Å²) in [5.41, 5.74) is 0.0485. The van der Waals surface area contributed by atoms with Crippen molar-refractivity contribution < 1.29 is 14.0 Å². The van der Waals surface area contributed by atoms with E-state index in [1.807, 2.05) is 0 Å². The van der Waals surface area contributed by atoms with E-state index in [9.17, 15) is 14.0 Å². The zero-order chi connectivity index (χ0) is 14.3. The fourth-order valence-corrected chi connectivity index (χ4v) is 2.05. The minimum Gasteiger partial charge on any atom is -0.354 e. The van der Waals surface area contributed by atoms with Gasteiger partial charge in [-0.1, -0.05) is 0 Å². The first-order chi connectivity index (χ1) is 9.51. The molecule has 0 unspecified atom stereocenters. The van der Waals surface area contributed by atoms with Gasteiger partial charge in [0.2, 0.25) is 0 Å². The van der Waals surface area contributed by atoms with Gasteiger partial charge >= 0.3 is 0 Å². The molecule has 1 heterocycles. The van der Waals surface area contributed by atoms with Crippen molar-refractivity contribution in [1.29, 1.82) is 0 Å². The van der Waals surface area contributed by atoms with E-state index < -0.39 is 11.6 Å². The first-order valence-electron chi connectivity index (χ1n) is 6.37. The molecule has 1 aliphatic rings. The molecule has 3 rings (SSSR count). The molecule has 0 spiro atoms. The maximum atomic E-state index is 13.6. The average molecular weight is 275 g/mol. The third-order valence-electron chi connectivity index (χ3n) is 3.45. The van der Waals surface area contributed by atoms with E-state index in [4.69, 9.17) is 0 Å². The molecule has 1 aromatic heterocycles. The largest absolute Gasteiger partial charge is 0.354 e. The second kappa shape index (κ2) is 4.33. The van der Waals surface area contributed by atoms with E-state index in [1.165, 1.54) is 0 Å². The second-order valence-corrected chi connectivity index (χ2v) is 4.98. The molecular weight excluding hydrogens is 261 g/mol. The number of carbonyl (C=O) groups excluding carboxylic acids is 2. The third kappa shape index (κ3) is 2.13. The van der Waals surface area contributed by atoms with E-state index in [2.05, 4.69) is 15.6 Å². The summed E-state index contributed by atoms with van der Waals surface area (Å²) in [6.45, 7) is 0. The van der Waals surface area contributed by atoms with E-state index in [1.54, 1.807) is 31.3 Å². The summed E-state index contributed by atoms with van der Waals surface area (Å²) in [5.74, 6) is -0.814. The van der Waals surface area contributed by atoms with Crippen LogP contribution in [0.1, 0.15) is 23.3 Å². The zero-order valence-electron chi connectivity index (χ0n) is 10.9. The highest BCUT2D eigenvalue weighted by Gasteiger charge is 2.50. The number of H-pyrrole nitrogens is 1. The van der Waals surface area contributed by atoms with Crippen LogP contribution in [-0.2, 0) is 4.79 Å². The predicted molar refractivity (Wildman–Crippen MR) is 73.4 cm³/mol. The standard InChI is InChI=1S/C14H14FN3O2/c1-16-12(19)11-7-8-6-9(2-3-10(8)18-11)17-13(20)14(15)4-5-14/h2-3,6-7,18H,4-5H2,1H3,(H,16,19)(H,17,20). The van der Waals surface area contributed by atoms with E-state index in [0.717, 1.165) is 10.9 Å². The zero-order valence-corrected chi connectivity index (χ0v) is 10.9. The molecule has 5 nitrogen and oxygen atoms in total. The number of anilines is 1. The van der Waals surface area contributed by atoms with Gasteiger partial charge < -0.3 is 15.6 Å². The number of aromatic nitrogens is 1. The third-order valence-corrected chi connectivity index (χ3v) is 3.45. The Balaban J connectivity index is 1.86. The molecule has 3 N–H and O–H groups in total. The quantitative estimate of drug-likeness (QED) is 0.801. The maximum absolute atomic E-state index is 13.6. The van der Waals surface area contributed by atoms with Gasteiger partial charge in [-0.05, 0) is 37.1 Å². The number of hydrogen-bond donors (Lipinski definition) is 3. The van der Waals surface area contributed by atoms with Crippen LogP contribution in [0, 0.1) is 0 Å².